The molecule has 0 saturated heterocycles. The molecule has 1 rings (SSSR count). The van der Waals surface area contributed by atoms with E-state index in [-0.39, 0.29) is 26.2 Å². The average molecular weight is 278 g/mol. The number of benzene rings is 1. The Labute approximate surface area is 106 Å². The maximum absolute atomic E-state index is 7.00. The molecule has 0 fully saturated rings. The number of rotatable bonds is 0. The summed E-state index contributed by atoms with van der Waals surface area (Å²) >= 11 is 0. The number of aliphatic hydroxyl groups is 3. The van der Waals surface area contributed by atoms with Crippen LogP contribution in [0.4, 0.5) is 0 Å². The maximum Gasteiger partial charge on any atom is 0.0319 e. The zero-order chi connectivity index (χ0) is 11.1. The predicted octanol–water partition coefficient (Wildman–Crippen LogP) is 0.692. The second kappa shape index (κ2) is 29.3. The van der Waals surface area contributed by atoms with Crippen LogP contribution in [0.3, 0.4) is 0 Å². The van der Waals surface area contributed by atoms with Crippen LogP contribution < -0.4 is 0 Å². The van der Waals surface area contributed by atoms with Gasteiger partial charge >= 0.3 is 0 Å². The van der Waals surface area contributed by atoms with Crippen LogP contribution in [0, 0.1) is 6.92 Å². The molecular formula is C10H19O3Zr-. The van der Waals surface area contributed by atoms with Crippen molar-refractivity contribution >= 4 is 0 Å². The van der Waals surface area contributed by atoms with Gasteiger partial charge in [-0.15, -0.1) is 12.1 Å². The van der Waals surface area contributed by atoms with E-state index in [1.807, 2.05) is 30.3 Å². The van der Waals surface area contributed by atoms with Gasteiger partial charge in [0.25, 0.3) is 0 Å². The fraction of sp³-hybridized carbons (Fsp3) is 0.300. The molecule has 0 spiro atoms. The van der Waals surface area contributed by atoms with E-state index in [9.17, 15) is 0 Å². The number of aliphatic hydroxyl groups excluding tert-OH is 3. The Bertz CT molecular complexity index is 145. The van der Waals surface area contributed by atoms with Crippen molar-refractivity contribution in [3.63, 3.8) is 0 Å². The zero-order valence-electron chi connectivity index (χ0n) is 8.94. The Morgan fingerprint density at radius 2 is 1.07 bits per heavy atom. The van der Waals surface area contributed by atoms with Gasteiger partial charge in [-0.2, -0.15) is 24.6 Å². The van der Waals surface area contributed by atoms with Gasteiger partial charge in [-0.1, -0.05) is 6.07 Å². The van der Waals surface area contributed by atoms with Crippen molar-refractivity contribution in [1.29, 1.82) is 0 Å². The molecule has 0 radical (unpaired) electrons. The van der Waals surface area contributed by atoms with Gasteiger partial charge < -0.3 is 15.3 Å². The van der Waals surface area contributed by atoms with Crippen molar-refractivity contribution in [3.8, 4) is 0 Å². The zero-order valence-corrected chi connectivity index (χ0v) is 11.4. The monoisotopic (exact) mass is 277 g/mol. The van der Waals surface area contributed by atoms with E-state index in [1.165, 1.54) is 0 Å². The van der Waals surface area contributed by atoms with Crippen LogP contribution in [0.1, 0.15) is 5.56 Å². The first kappa shape index (κ1) is 23.6. The fourth-order valence-electron chi connectivity index (χ4n) is 0.478. The summed E-state index contributed by atoms with van der Waals surface area (Å²) in [5, 5.41) is 21.0. The second-order valence-corrected chi connectivity index (χ2v) is 1.49. The molecule has 0 aliphatic rings. The molecule has 0 aromatic heterocycles. The molecule has 4 heteroatoms. The molecule has 0 unspecified atom stereocenters. The van der Waals surface area contributed by atoms with Crippen LogP contribution >= 0.6 is 0 Å². The van der Waals surface area contributed by atoms with Crippen molar-refractivity contribution in [2.75, 3.05) is 21.3 Å². The summed E-state index contributed by atoms with van der Waals surface area (Å²) in [6.07, 6.45) is 0. The van der Waals surface area contributed by atoms with Gasteiger partial charge in [0.05, 0.1) is 0 Å². The predicted molar refractivity (Wildman–Crippen MR) is 55.3 cm³/mol. The van der Waals surface area contributed by atoms with Crippen LogP contribution in [0.5, 0.6) is 0 Å². The first-order chi connectivity index (χ1) is 6.39. The molecule has 1 aromatic rings. The first-order valence-electron chi connectivity index (χ1n) is 3.61. The first-order valence-corrected chi connectivity index (χ1v) is 3.61. The van der Waals surface area contributed by atoms with Crippen LogP contribution in [-0.2, 0) is 26.2 Å². The Kier molecular flexibility index (Phi) is 49.3. The molecular weight excluding hydrogens is 259 g/mol. The van der Waals surface area contributed by atoms with E-state index in [0.29, 0.717) is 0 Å². The van der Waals surface area contributed by atoms with Gasteiger partial charge in [0.1, 0.15) is 0 Å². The number of hydrogen-bond donors (Lipinski definition) is 3. The SMILES string of the molecule is CO.CO.CO.[CH2-]c1ccccc1.[Zr]. The second-order valence-electron chi connectivity index (χ2n) is 1.49. The molecule has 0 amide bonds. The minimum atomic E-state index is 0. The van der Waals surface area contributed by atoms with E-state index in [0.717, 1.165) is 26.9 Å². The Balaban J connectivity index is -0.0000000625. The summed E-state index contributed by atoms with van der Waals surface area (Å²) < 4.78 is 0. The Morgan fingerprint density at radius 3 is 1.21 bits per heavy atom. The Hall–Kier alpha value is -0.147. The van der Waals surface area contributed by atoms with Crippen LogP contribution in [0.25, 0.3) is 0 Å². The molecule has 0 aliphatic heterocycles. The molecule has 0 heterocycles. The summed E-state index contributed by atoms with van der Waals surface area (Å²) in [6, 6.07) is 9.87. The summed E-state index contributed by atoms with van der Waals surface area (Å²) in [4.78, 5) is 0. The molecule has 14 heavy (non-hydrogen) atoms. The van der Waals surface area contributed by atoms with Crippen LogP contribution in [0.15, 0.2) is 30.3 Å². The summed E-state index contributed by atoms with van der Waals surface area (Å²) in [5.74, 6) is 0. The molecule has 1 aromatic carbocycles. The van der Waals surface area contributed by atoms with E-state index in [1.54, 1.807) is 0 Å². The van der Waals surface area contributed by atoms with Crippen LogP contribution in [0.2, 0.25) is 0 Å². The van der Waals surface area contributed by atoms with Gasteiger partial charge in [-0.3, -0.25) is 0 Å². The number of hydrogen-bond acceptors (Lipinski definition) is 3. The molecule has 82 valence electrons. The van der Waals surface area contributed by atoms with E-state index in [4.69, 9.17) is 15.3 Å². The topological polar surface area (TPSA) is 60.7 Å². The Morgan fingerprint density at radius 1 is 0.786 bits per heavy atom. The van der Waals surface area contributed by atoms with E-state index < -0.39 is 0 Å². The van der Waals surface area contributed by atoms with Gasteiger partial charge in [-0.25, -0.2) is 0 Å². The van der Waals surface area contributed by atoms with Gasteiger partial charge in [0, 0.05) is 47.5 Å². The quantitative estimate of drug-likeness (QED) is 0.612. The van der Waals surface area contributed by atoms with Crippen molar-refractivity contribution in [2.24, 2.45) is 0 Å². The average Bonchev–Trinajstić information content (AvgIpc) is 2.28. The van der Waals surface area contributed by atoms with Crippen molar-refractivity contribution in [2.45, 2.75) is 0 Å². The standard InChI is InChI=1S/C7H7.3CH4O.Zr/c1-7-5-3-2-4-6-7;3*1-2;/h2-6H,1H2;3*2H,1H3;/q-1;;;;. The molecule has 3 nitrogen and oxygen atoms in total. The van der Waals surface area contributed by atoms with Gasteiger partial charge in [-0.05, 0) is 0 Å². The van der Waals surface area contributed by atoms with Gasteiger partial charge in [0.15, 0.2) is 0 Å². The minimum absolute atomic E-state index is 0. The molecule has 0 saturated carbocycles. The van der Waals surface area contributed by atoms with Crippen molar-refractivity contribution < 1.29 is 41.5 Å². The summed E-state index contributed by atoms with van der Waals surface area (Å²) in [7, 11) is 3.00. The fourth-order valence-corrected chi connectivity index (χ4v) is 0.478. The van der Waals surface area contributed by atoms with Crippen molar-refractivity contribution in [1.82, 2.24) is 0 Å². The summed E-state index contributed by atoms with van der Waals surface area (Å²) in [5.41, 5.74) is 1.07. The van der Waals surface area contributed by atoms with Crippen molar-refractivity contribution in [3.05, 3.63) is 42.8 Å². The molecule has 0 atom stereocenters. The third kappa shape index (κ3) is 22.6. The summed E-state index contributed by atoms with van der Waals surface area (Å²) in [6.45, 7) is 3.72. The van der Waals surface area contributed by atoms with E-state index >= 15 is 0 Å². The van der Waals surface area contributed by atoms with Crippen LogP contribution in [-0.4, -0.2) is 36.6 Å². The molecule has 3 N–H and O–H groups in total. The normalized spacial score (nSPS) is 5.57. The third-order valence-electron chi connectivity index (χ3n) is 0.843. The molecule has 0 bridgehead atoms. The third-order valence-corrected chi connectivity index (χ3v) is 0.843. The van der Waals surface area contributed by atoms with E-state index in [2.05, 4.69) is 6.92 Å². The van der Waals surface area contributed by atoms with Gasteiger partial charge in [0.2, 0.25) is 0 Å². The maximum atomic E-state index is 7.00. The molecule has 0 aliphatic carbocycles. The minimum Gasteiger partial charge on any atom is -0.400 e. The smallest absolute Gasteiger partial charge is 0.0319 e. The largest absolute Gasteiger partial charge is 0.400 e.